The van der Waals surface area contributed by atoms with Gasteiger partial charge in [0.1, 0.15) is 0 Å². The Labute approximate surface area is 148 Å². The van der Waals surface area contributed by atoms with Crippen molar-refractivity contribution >= 4 is 28.2 Å². The fourth-order valence-corrected chi connectivity index (χ4v) is 4.27. The number of rotatable bonds is 3. The van der Waals surface area contributed by atoms with Gasteiger partial charge >= 0.3 is 0 Å². The maximum absolute atomic E-state index is 11.1. The van der Waals surface area contributed by atoms with Crippen LogP contribution in [0.2, 0.25) is 5.02 Å². The number of fused-ring (bicyclic) bond motifs is 1. The van der Waals surface area contributed by atoms with E-state index in [-0.39, 0.29) is 0 Å². The molecule has 2 aliphatic heterocycles. The van der Waals surface area contributed by atoms with E-state index >= 15 is 0 Å². The van der Waals surface area contributed by atoms with Crippen molar-refractivity contribution in [1.29, 1.82) is 0 Å². The molecule has 3 heterocycles. The Morgan fingerprint density at radius 3 is 2.79 bits per heavy atom. The standard InChI is InChI=1S/C19H24ClN3O/c20-15-4-5-16-17(12-15)21-8-6-18(16)23-11-7-19(24,14-23)13-22-9-2-1-3-10-22/h4-6,8,12,24H,1-3,7,9-11,13-14H2/t19-/m0/s1. The van der Waals surface area contributed by atoms with Gasteiger partial charge in [-0.3, -0.25) is 4.98 Å². The molecule has 0 aliphatic carbocycles. The zero-order valence-corrected chi connectivity index (χ0v) is 14.7. The summed E-state index contributed by atoms with van der Waals surface area (Å²) in [5, 5.41) is 12.9. The first kappa shape index (κ1) is 16.1. The van der Waals surface area contributed by atoms with Gasteiger partial charge in [-0.1, -0.05) is 18.0 Å². The average molecular weight is 346 g/mol. The molecule has 1 N–H and O–H groups in total. The Hall–Kier alpha value is -1.36. The minimum atomic E-state index is -0.612. The summed E-state index contributed by atoms with van der Waals surface area (Å²) in [6.07, 6.45) is 6.49. The van der Waals surface area contributed by atoms with Crippen molar-refractivity contribution in [3.63, 3.8) is 0 Å². The monoisotopic (exact) mass is 345 g/mol. The molecule has 0 spiro atoms. The van der Waals surface area contributed by atoms with Gasteiger partial charge in [-0.15, -0.1) is 0 Å². The van der Waals surface area contributed by atoms with Gasteiger partial charge in [0.25, 0.3) is 0 Å². The van der Waals surface area contributed by atoms with Gasteiger partial charge in [0.15, 0.2) is 0 Å². The van der Waals surface area contributed by atoms with Gasteiger partial charge in [-0.05, 0) is 56.6 Å². The molecule has 1 aromatic heterocycles. The molecule has 0 radical (unpaired) electrons. The molecule has 1 aromatic carbocycles. The predicted molar refractivity (Wildman–Crippen MR) is 98.8 cm³/mol. The molecule has 0 unspecified atom stereocenters. The largest absolute Gasteiger partial charge is 0.387 e. The number of pyridine rings is 1. The van der Waals surface area contributed by atoms with Crippen LogP contribution >= 0.6 is 11.6 Å². The summed E-state index contributed by atoms with van der Waals surface area (Å²) in [6, 6.07) is 7.88. The molecule has 0 amide bonds. The number of likely N-dealkylation sites (tertiary alicyclic amines) is 1. The van der Waals surface area contributed by atoms with Crippen LogP contribution in [0.15, 0.2) is 30.5 Å². The van der Waals surface area contributed by atoms with Crippen LogP contribution in [0.1, 0.15) is 25.7 Å². The van der Waals surface area contributed by atoms with Crippen LogP contribution in [-0.2, 0) is 0 Å². The summed E-state index contributed by atoms with van der Waals surface area (Å²) in [4.78, 5) is 9.14. The molecular formula is C19H24ClN3O. The topological polar surface area (TPSA) is 39.6 Å². The molecule has 5 heteroatoms. The van der Waals surface area contributed by atoms with Crippen molar-refractivity contribution in [2.75, 3.05) is 37.6 Å². The third-order valence-corrected chi connectivity index (χ3v) is 5.56. The predicted octanol–water partition coefficient (Wildman–Crippen LogP) is 3.32. The zero-order valence-electron chi connectivity index (χ0n) is 13.9. The van der Waals surface area contributed by atoms with Crippen LogP contribution in [0.4, 0.5) is 5.69 Å². The zero-order chi connectivity index (χ0) is 16.6. The van der Waals surface area contributed by atoms with Crippen molar-refractivity contribution in [2.45, 2.75) is 31.3 Å². The third-order valence-electron chi connectivity index (χ3n) is 5.32. The number of benzene rings is 1. The second-order valence-electron chi connectivity index (χ2n) is 7.22. The normalized spacial score (nSPS) is 25.5. The molecule has 4 nitrogen and oxygen atoms in total. The van der Waals surface area contributed by atoms with Crippen molar-refractivity contribution < 1.29 is 5.11 Å². The summed E-state index contributed by atoms with van der Waals surface area (Å²) in [5.41, 5.74) is 1.44. The molecule has 24 heavy (non-hydrogen) atoms. The Balaban J connectivity index is 1.54. The molecule has 0 saturated carbocycles. The van der Waals surface area contributed by atoms with Crippen LogP contribution in [0.5, 0.6) is 0 Å². The van der Waals surface area contributed by atoms with E-state index in [4.69, 9.17) is 11.6 Å². The lowest BCUT2D eigenvalue weighted by molar-refractivity contribution is 0.0170. The van der Waals surface area contributed by atoms with E-state index in [1.165, 1.54) is 19.3 Å². The van der Waals surface area contributed by atoms with E-state index in [9.17, 15) is 5.11 Å². The first-order valence-corrected chi connectivity index (χ1v) is 9.25. The number of hydrogen-bond donors (Lipinski definition) is 1. The lowest BCUT2D eigenvalue weighted by Gasteiger charge is -2.34. The van der Waals surface area contributed by atoms with Crippen LogP contribution in [0.25, 0.3) is 10.9 Å². The molecular weight excluding hydrogens is 322 g/mol. The van der Waals surface area contributed by atoms with Crippen molar-refractivity contribution in [2.24, 2.45) is 0 Å². The highest BCUT2D eigenvalue weighted by Gasteiger charge is 2.38. The fraction of sp³-hybridized carbons (Fsp3) is 0.526. The van der Waals surface area contributed by atoms with E-state index in [0.717, 1.165) is 49.2 Å². The molecule has 1 atom stereocenters. The van der Waals surface area contributed by atoms with E-state index < -0.39 is 5.60 Å². The van der Waals surface area contributed by atoms with E-state index in [1.807, 2.05) is 30.5 Å². The number of anilines is 1. The quantitative estimate of drug-likeness (QED) is 0.926. The summed E-state index contributed by atoms with van der Waals surface area (Å²) < 4.78 is 0. The lowest BCUT2D eigenvalue weighted by Crippen LogP contribution is -2.46. The first-order valence-electron chi connectivity index (χ1n) is 8.87. The van der Waals surface area contributed by atoms with Crippen molar-refractivity contribution in [3.8, 4) is 0 Å². The molecule has 2 aromatic rings. The minimum absolute atomic E-state index is 0.612. The van der Waals surface area contributed by atoms with Gasteiger partial charge in [0.05, 0.1) is 11.1 Å². The Morgan fingerprint density at radius 1 is 1.12 bits per heavy atom. The van der Waals surface area contributed by atoms with Crippen LogP contribution in [0.3, 0.4) is 0 Å². The molecule has 128 valence electrons. The minimum Gasteiger partial charge on any atom is -0.387 e. The van der Waals surface area contributed by atoms with Crippen LogP contribution in [0, 0.1) is 0 Å². The lowest BCUT2D eigenvalue weighted by atomic mass is 10.0. The summed E-state index contributed by atoms with van der Waals surface area (Å²) in [6.45, 7) is 4.60. The number of nitrogens with zero attached hydrogens (tertiary/aromatic N) is 3. The van der Waals surface area contributed by atoms with Gasteiger partial charge in [0, 0.05) is 41.9 Å². The molecule has 2 aliphatic rings. The van der Waals surface area contributed by atoms with Gasteiger partial charge in [-0.25, -0.2) is 0 Å². The maximum Gasteiger partial charge on any atom is 0.0964 e. The number of piperidine rings is 1. The first-order chi connectivity index (χ1) is 11.6. The average Bonchev–Trinajstić information content (AvgIpc) is 2.96. The van der Waals surface area contributed by atoms with Gasteiger partial charge in [-0.2, -0.15) is 0 Å². The number of aromatic nitrogens is 1. The summed E-state index contributed by atoms with van der Waals surface area (Å²) in [7, 11) is 0. The van der Waals surface area contributed by atoms with Crippen molar-refractivity contribution in [1.82, 2.24) is 9.88 Å². The second-order valence-corrected chi connectivity index (χ2v) is 7.66. The number of halogens is 1. The highest BCUT2D eigenvalue weighted by Crippen LogP contribution is 2.33. The summed E-state index contributed by atoms with van der Waals surface area (Å²) >= 11 is 6.09. The Bertz CT molecular complexity index is 732. The van der Waals surface area contributed by atoms with Crippen LogP contribution < -0.4 is 4.90 Å². The maximum atomic E-state index is 11.1. The molecule has 2 fully saturated rings. The SMILES string of the molecule is O[C@]1(CN2CCCCC2)CCN(c2ccnc3cc(Cl)ccc23)C1. The second kappa shape index (κ2) is 6.51. The smallest absolute Gasteiger partial charge is 0.0964 e. The molecule has 0 bridgehead atoms. The Morgan fingerprint density at radius 2 is 1.96 bits per heavy atom. The number of β-amino-alcohol motifs (C(OH)–C–C–N with tert-alkyl or cyclic N) is 1. The number of aliphatic hydroxyl groups is 1. The molecule has 2 saturated heterocycles. The highest BCUT2D eigenvalue weighted by atomic mass is 35.5. The Kier molecular flexibility index (Phi) is 4.37. The van der Waals surface area contributed by atoms with Crippen LogP contribution in [-0.4, -0.2) is 53.3 Å². The van der Waals surface area contributed by atoms with E-state index in [1.54, 1.807) is 0 Å². The number of hydrogen-bond acceptors (Lipinski definition) is 4. The van der Waals surface area contributed by atoms with E-state index in [0.29, 0.717) is 11.6 Å². The summed E-state index contributed by atoms with van der Waals surface area (Å²) in [5.74, 6) is 0. The molecule has 4 rings (SSSR count). The highest BCUT2D eigenvalue weighted by molar-refractivity contribution is 6.31. The van der Waals surface area contributed by atoms with Gasteiger partial charge in [0.2, 0.25) is 0 Å². The third kappa shape index (κ3) is 3.23. The fourth-order valence-electron chi connectivity index (χ4n) is 4.11. The van der Waals surface area contributed by atoms with Crippen molar-refractivity contribution in [3.05, 3.63) is 35.5 Å². The van der Waals surface area contributed by atoms with Gasteiger partial charge < -0.3 is 14.9 Å². The van der Waals surface area contributed by atoms with E-state index in [2.05, 4.69) is 14.8 Å².